The zero-order valence-corrected chi connectivity index (χ0v) is 10.9. The van der Waals surface area contributed by atoms with Crippen LogP contribution in [0.2, 0.25) is 0 Å². The molecule has 0 aromatic carbocycles. The van der Waals surface area contributed by atoms with Crippen molar-refractivity contribution in [2.75, 3.05) is 7.11 Å². The maximum Gasteiger partial charge on any atom is 0.246 e. The summed E-state index contributed by atoms with van der Waals surface area (Å²) in [6.07, 6.45) is -0.217. The molecule has 0 unspecified atom stereocenters. The molecule has 0 aliphatic carbocycles. The summed E-state index contributed by atoms with van der Waals surface area (Å²) in [4.78, 5) is 15.7. The summed E-state index contributed by atoms with van der Waals surface area (Å²) in [7, 11) is 1.57. The van der Waals surface area contributed by atoms with E-state index >= 15 is 0 Å². The maximum absolute atomic E-state index is 11.6. The Bertz CT molecular complexity index is 382. The average Bonchev–Trinajstić information content (AvgIpc) is 2.72. The minimum absolute atomic E-state index is 0.0583. The molecule has 0 saturated heterocycles. The number of nitrogens with zero attached hydrogens (tertiary/aromatic N) is 2. The minimum Gasteiger partial charge on any atom is -0.374 e. The molecule has 17 heavy (non-hydrogen) atoms. The first-order chi connectivity index (χ1) is 7.84. The van der Waals surface area contributed by atoms with Crippen molar-refractivity contribution in [1.82, 2.24) is 15.5 Å². The SMILES string of the molecule is CO[C@H](C)c1noc(CNC(=O)C(C)(C)C)n1. The van der Waals surface area contributed by atoms with E-state index in [-0.39, 0.29) is 18.6 Å². The van der Waals surface area contributed by atoms with Gasteiger partial charge in [-0.15, -0.1) is 0 Å². The molecule has 6 heteroatoms. The highest BCUT2D eigenvalue weighted by atomic mass is 16.5. The molecule has 0 radical (unpaired) electrons. The van der Waals surface area contributed by atoms with Crippen LogP contribution in [-0.4, -0.2) is 23.2 Å². The van der Waals surface area contributed by atoms with Crippen molar-refractivity contribution in [2.45, 2.75) is 40.3 Å². The summed E-state index contributed by atoms with van der Waals surface area (Å²) >= 11 is 0. The van der Waals surface area contributed by atoms with Gasteiger partial charge in [-0.2, -0.15) is 4.98 Å². The van der Waals surface area contributed by atoms with Gasteiger partial charge in [-0.3, -0.25) is 4.79 Å². The van der Waals surface area contributed by atoms with Crippen molar-refractivity contribution >= 4 is 5.91 Å². The van der Waals surface area contributed by atoms with E-state index in [1.165, 1.54) is 0 Å². The second kappa shape index (κ2) is 5.27. The van der Waals surface area contributed by atoms with Crippen LogP contribution in [0.15, 0.2) is 4.52 Å². The lowest BCUT2D eigenvalue weighted by atomic mass is 9.96. The Balaban J connectivity index is 2.53. The van der Waals surface area contributed by atoms with Crippen LogP contribution < -0.4 is 5.32 Å². The van der Waals surface area contributed by atoms with E-state index in [0.29, 0.717) is 11.7 Å². The molecular weight excluding hydrogens is 222 g/mol. The average molecular weight is 241 g/mol. The third-order valence-corrected chi connectivity index (χ3v) is 2.28. The van der Waals surface area contributed by atoms with E-state index < -0.39 is 5.41 Å². The van der Waals surface area contributed by atoms with Gasteiger partial charge in [-0.05, 0) is 6.92 Å². The van der Waals surface area contributed by atoms with Crippen LogP contribution in [0.4, 0.5) is 0 Å². The largest absolute Gasteiger partial charge is 0.374 e. The van der Waals surface area contributed by atoms with E-state index in [1.807, 2.05) is 27.7 Å². The summed E-state index contributed by atoms with van der Waals surface area (Å²) in [5, 5.41) is 6.50. The fourth-order valence-corrected chi connectivity index (χ4v) is 1.03. The zero-order chi connectivity index (χ0) is 13.1. The minimum atomic E-state index is -0.428. The Morgan fingerprint density at radius 3 is 2.71 bits per heavy atom. The number of rotatable bonds is 4. The number of methoxy groups -OCH3 is 1. The normalized spacial score (nSPS) is 13.5. The second-order valence-corrected chi connectivity index (χ2v) is 4.86. The number of hydrogen-bond donors (Lipinski definition) is 1. The van der Waals surface area contributed by atoms with Crippen molar-refractivity contribution in [3.63, 3.8) is 0 Å². The molecule has 1 N–H and O–H groups in total. The van der Waals surface area contributed by atoms with E-state index in [9.17, 15) is 4.79 Å². The highest BCUT2D eigenvalue weighted by Crippen LogP contribution is 2.14. The van der Waals surface area contributed by atoms with Gasteiger partial charge in [-0.25, -0.2) is 0 Å². The van der Waals surface area contributed by atoms with Gasteiger partial charge in [0.1, 0.15) is 6.10 Å². The number of aromatic nitrogens is 2. The molecule has 0 bridgehead atoms. The zero-order valence-electron chi connectivity index (χ0n) is 10.9. The van der Waals surface area contributed by atoms with Gasteiger partial charge in [0.15, 0.2) is 5.82 Å². The van der Waals surface area contributed by atoms with E-state index in [2.05, 4.69) is 15.5 Å². The molecular formula is C11H19N3O3. The fraction of sp³-hybridized carbons (Fsp3) is 0.727. The maximum atomic E-state index is 11.6. The lowest BCUT2D eigenvalue weighted by Gasteiger charge is -2.16. The van der Waals surface area contributed by atoms with Gasteiger partial charge in [0.25, 0.3) is 0 Å². The standard InChI is InChI=1S/C11H19N3O3/c1-7(16-5)9-13-8(17-14-9)6-12-10(15)11(2,3)4/h7H,6H2,1-5H3,(H,12,15)/t7-/m1/s1. The van der Waals surface area contributed by atoms with E-state index in [0.717, 1.165) is 0 Å². The molecule has 96 valence electrons. The van der Waals surface area contributed by atoms with Crippen LogP contribution in [0, 0.1) is 5.41 Å². The van der Waals surface area contributed by atoms with Gasteiger partial charge in [-0.1, -0.05) is 25.9 Å². The molecule has 0 saturated carbocycles. The lowest BCUT2D eigenvalue weighted by molar-refractivity contribution is -0.128. The van der Waals surface area contributed by atoms with Crippen molar-refractivity contribution in [1.29, 1.82) is 0 Å². The van der Waals surface area contributed by atoms with Crippen LogP contribution in [0.1, 0.15) is 45.5 Å². The highest BCUT2D eigenvalue weighted by molar-refractivity contribution is 5.81. The third-order valence-electron chi connectivity index (χ3n) is 2.28. The number of hydrogen-bond acceptors (Lipinski definition) is 5. The topological polar surface area (TPSA) is 77.3 Å². The summed E-state index contributed by atoms with van der Waals surface area (Å²) in [6.45, 7) is 7.58. The molecule has 1 heterocycles. The van der Waals surface area contributed by atoms with Gasteiger partial charge in [0, 0.05) is 12.5 Å². The Hall–Kier alpha value is -1.43. The summed E-state index contributed by atoms with van der Waals surface area (Å²) in [6, 6.07) is 0. The Labute approximate surface area is 101 Å². The van der Waals surface area contributed by atoms with E-state index in [1.54, 1.807) is 7.11 Å². The van der Waals surface area contributed by atoms with Crippen molar-refractivity contribution in [3.05, 3.63) is 11.7 Å². The first-order valence-electron chi connectivity index (χ1n) is 5.48. The van der Waals surface area contributed by atoms with Gasteiger partial charge in [0.2, 0.25) is 11.8 Å². The molecule has 0 aliphatic heterocycles. The summed E-state index contributed by atoms with van der Waals surface area (Å²) in [5.74, 6) is 0.797. The quantitative estimate of drug-likeness (QED) is 0.863. The molecule has 1 atom stereocenters. The lowest BCUT2D eigenvalue weighted by Crippen LogP contribution is -2.34. The van der Waals surface area contributed by atoms with Crippen LogP contribution in [0.5, 0.6) is 0 Å². The Kier molecular flexibility index (Phi) is 4.22. The molecule has 6 nitrogen and oxygen atoms in total. The van der Waals surface area contributed by atoms with Gasteiger partial charge < -0.3 is 14.6 Å². The monoisotopic (exact) mass is 241 g/mol. The van der Waals surface area contributed by atoms with Crippen LogP contribution in [-0.2, 0) is 16.1 Å². The Morgan fingerprint density at radius 2 is 2.18 bits per heavy atom. The molecule has 1 aromatic heterocycles. The highest BCUT2D eigenvalue weighted by Gasteiger charge is 2.21. The van der Waals surface area contributed by atoms with Crippen LogP contribution in [0.25, 0.3) is 0 Å². The number of nitrogens with one attached hydrogen (secondary N) is 1. The van der Waals surface area contributed by atoms with Crippen LogP contribution in [0.3, 0.4) is 0 Å². The Morgan fingerprint density at radius 1 is 1.53 bits per heavy atom. The molecule has 0 fully saturated rings. The van der Waals surface area contributed by atoms with Crippen molar-refractivity contribution in [2.24, 2.45) is 5.41 Å². The van der Waals surface area contributed by atoms with Crippen molar-refractivity contribution < 1.29 is 14.1 Å². The van der Waals surface area contributed by atoms with E-state index in [4.69, 9.17) is 9.26 Å². The fourth-order valence-electron chi connectivity index (χ4n) is 1.03. The van der Waals surface area contributed by atoms with Gasteiger partial charge >= 0.3 is 0 Å². The molecule has 1 rings (SSSR count). The van der Waals surface area contributed by atoms with Crippen LogP contribution >= 0.6 is 0 Å². The second-order valence-electron chi connectivity index (χ2n) is 4.86. The van der Waals surface area contributed by atoms with Gasteiger partial charge in [0.05, 0.1) is 6.54 Å². The number of ether oxygens (including phenoxy) is 1. The molecule has 0 aliphatic rings. The molecule has 1 amide bonds. The summed E-state index contributed by atoms with van der Waals surface area (Å²) < 4.78 is 10.1. The summed E-state index contributed by atoms with van der Waals surface area (Å²) in [5.41, 5.74) is -0.428. The predicted molar refractivity (Wildman–Crippen MR) is 61.0 cm³/mol. The first kappa shape index (κ1) is 13.6. The third kappa shape index (κ3) is 3.81. The number of carbonyl (C=O) groups excluding carboxylic acids is 1. The smallest absolute Gasteiger partial charge is 0.246 e. The number of amides is 1. The molecule has 1 aromatic rings. The molecule has 0 spiro atoms. The van der Waals surface area contributed by atoms with Crippen molar-refractivity contribution in [3.8, 4) is 0 Å². The number of carbonyl (C=O) groups is 1. The first-order valence-corrected chi connectivity index (χ1v) is 5.48. The predicted octanol–water partition coefficient (Wildman–Crippen LogP) is 1.44.